The van der Waals surface area contributed by atoms with Gasteiger partial charge in [-0.3, -0.25) is 0 Å². The van der Waals surface area contributed by atoms with Crippen LogP contribution in [-0.2, 0) is 43.3 Å². The monoisotopic (exact) mass is 925 g/mol. The number of benzene rings is 6. The SMILES string of the molecule is Cc1cc2c(cc1N1c3cc4c(cc3B3c5ccc(C(C)(C)c6ccccc6)cc5N(c5ccc6c(c5C)C(C)(C)CCC6(C)C)c5cc(C(C)(C)C)cc1c53)C(C)(C)CC4(C)C)C(C)(C)CC2(C)C. The van der Waals surface area contributed by atoms with Crippen LogP contribution in [0, 0.1) is 13.8 Å². The van der Waals surface area contributed by atoms with Gasteiger partial charge in [-0.1, -0.05) is 178 Å². The van der Waals surface area contributed by atoms with Crippen molar-refractivity contribution in [3.63, 3.8) is 0 Å². The van der Waals surface area contributed by atoms with Crippen molar-refractivity contribution in [2.45, 2.75) is 201 Å². The van der Waals surface area contributed by atoms with Gasteiger partial charge in [-0.15, -0.1) is 0 Å². The Hall–Kier alpha value is -5.02. The van der Waals surface area contributed by atoms with Crippen molar-refractivity contribution in [2.75, 3.05) is 9.80 Å². The summed E-state index contributed by atoms with van der Waals surface area (Å²) in [5, 5.41) is 0. The number of hydrogen-bond donors (Lipinski definition) is 0. The van der Waals surface area contributed by atoms with Gasteiger partial charge in [-0.25, -0.2) is 0 Å². The first kappa shape index (κ1) is 47.3. The van der Waals surface area contributed by atoms with E-state index in [2.05, 4.69) is 238 Å². The largest absolute Gasteiger partial charge is 0.311 e. The van der Waals surface area contributed by atoms with Crippen LogP contribution in [0.2, 0.25) is 0 Å². The molecule has 0 spiro atoms. The first-order valence-electron chi connectivity index (χ1n) is 26.9. The third-order valence-corrected chi connectivity index (χ3v) is 19.0. The zero-order valence-electron chi connectivity index (χ0n) is 46.5. The summed E-state index contributed by atoms with van der Waals surface area (Å²) in [7, 11) is 0. The number of aryl methyl sites for hydroxylation is 1. The molecule has 0 bridgehead atoms. The maximum Gasteiger partial charge on any atom is 0.252 e. The highest BCUT2D eigenvalue weighted by Crippen LogP contribution is 2.57. The van der Waals surface area contributed by atoms with Crippen molar-refractivity contribution in [2.24, 2.45) is 0 Å². The Morgan fingerprint density at radius 1 is 0.414 bits per heavy atom. The molecule has 3 aliphatic carbocycles. The van der Waals surface area contributed by atoms with E-state index in [1.807, 2.05) is 0 Å². The maximum atomic E-state index is 2.76. The minimum Gasteiger partial charge on any atom is -0.311 e. The minimum atomic E-state index is -0.220. The lowest BCUT2D eigenvalue weighted by atomic mass is 9.33. The predicted octanol–water partition coefficient (Wildman–Crippen LogP) is 16.3. The van der Waals surface area contributed by atoms with Crippen LogP contribution in [0.15, 0.2) is 97.1 Å². The third-order valence-electron chi connectivity index (χ3n) is 19.0. The second-order valence-electron chi connectivity index (χ2n) is 28.5. The molecule has 70 heavy (non-hydrogen) atoms. The van der Waals surface area contributed by atoms with Crippen LogP contribution in [0.4, 0.5) is 34.1 Å². The fraction of sp³-hybridized carbons (Fsp3) is 0.463. The van der Waals surface area contributed by atoms with Crippen molar-refractivity contribution >= 4 is 57.2 Å². The van der Waals surface area contributed by atoms with E-state index in [9.17, 15) is 0 Å². The van der Waals surface area contributed by atoms with Gasteiger partial charge >= 0.3 is 0 Å². The molecule has 0 atom stereocenters. The van der Waals surface area contributed by atoms with Gasteiger partial charge in [-0.2, -0.15) is 0 Å². The lowest BCUT2D eigenvalue weighted by Gasteiger charge is -2.47. The van der Waals surface area contributed by atoms with Crippen molar-refractivity contribution < 1.29 is 0 Å². The standard InChI is InChI=1S/C67H81BN2/c1-40-31-46-48(65(14,15)38-63(46,10)11)36-53(40)70-55-37-49-47(64(12,13)39-66(49,16)17)35-51(55)68-50-27-25-43(67(18,19)42-23-21-20-22-24-42)32-54(50)69(56-33-44(60(3,4)5)34-57(70)59(56)68)52-28-26-45-58(41(52)2)62(8,9)30-29-61(45,6)7/h20-28,31-37H,29-30,38-39H2,1-19H3. The Labute approximate surface area is 423 Å². The Bertz CT molecular complexity index is 3200. The summed E-state index contributed by atoms with van der Waals surface area (Å²) in [4.78, 5) is 5.52. The van der Waals surface area contributed by atoms with Gasteiger partial charge < -0.3 is 9.80 Å². The van der Waals surface area contributed by atoms with Crippen LogP contribution >= 0.6 is 0 Å². The van der Waals surface area contributed by atoms with Crippen LogP contribution < -0.4 is 26.2 Å². The summed E-state index contributed by atoms with van der Waals surface area (Å²) < 4.78 is 0. The number of anilines is 6. The van der Waals surface area contributed by atoms with Gasteiger partial charge in [0.2, 0.25) is 0 Å². The highest BCUT2D eigenvalue weighted by atomic mass is 15.2. The molecule has 0 aromatic heterocycles. The van der Waals surface area contributed by atoms with E-state index in [1.54, 1.807) is 5.56 Å². The van der Waals surface area contributed by atoms with Gasteiger partial charge in [-0.05, 0) is 191 Å². The molecular formula is C67H81BN2. The van der Waals surface area contributed by atoms with Crippen molar-refractivity contribution in [3.05, 3.63) is 158 Å². The molecule has 362 valence electrons. The molecule has 0 amide bonds. The van der Waals surface area contributed by atoms with Crippen LogP contribution in [0.1, 0.15) is 205 Å². The Morgan fingerprint density at radius 3 is 1.50 bits per heavy atom. The molecule has 2 nitrogen and oxygen atoms in total. The average Bonchev–Trinajstić information content (AvgIpc) is 3.57. The molecular weight excluding hydrogens is 844 g/mol. The summed E-state index contributed by atoms with van der Waals surface area (Å²) >= 11 is 0. The van der Waals surface area contributed by atoms with Crippen LogP contribution in [0.25, 0.3) is 0 Å². The van der Waals surface area contributed by atoms with Gasteiger partial charge in [0.05, 0.1) is 0 Å². The molecule has 2 aliphatic heterocycles. The minimum absolute atomic E-state index is 0.0358. The summed E-state index contributed by atoms with van der Waals surface area (Å²) in [6.07, 6.45) is 4.65. The molecule has 0 N–H and O–H groups in total. The molecule has 6 aromatic carbocycles. The zero-order chi connectivity index (χ0) is 50.4. The second kappa shape index (κ2) is 14.6. The number of nitrogens with zero attached hydrogens (tertiary/aromatic N) is 2. The van der Waals surface area contributed by atoms with Gasteiger partial charge in [0.25, 0.3) is 6.71 Å². The zero-order valence-corrected chi connectivity index (χ0v) is 46.5. The van der Waals surface area contributed by atoms with Crippen molar-refractivity contribution in [1.82, 2.24) is 0 Å². The van der Waals surface area contributed by atoms with E-state index in [1.165, 1.54) is 119 Å². The van der Waals surface area contributed by atoms with Crippen LogP contribution in [0.3, 0.4) is 0 Å². The second-order valence-corrected chi connectivity index (χ2v) is 28.5. The van der Waals surface area contributed by atoms with Gasteiger partial charge in [0, 0.05) is 39.5 Å². The lowest BCUT2D eigenvalue weighted by molar-refractivity contribution is 0.330. The summed E-state index contributed by atoms with van der Waals surface area (Å²) in [5.74, 6) is 0. The third kappa shape index (κ3) is 6.70. The molecule has 0 unspecified atom stereocenters. The molecule has 6 aromatic rings. The van der Waals surface area contributed by atoms with Crippen LogP contribution in [-0.4, -0.2) is 6.71 Å². The van der Waals surface area contributed by atoms with Crippen LogP contribution in [0.5, 0.6) is 0 Å². The Morgan fingerprint density at radius 2 is 0.914 bits per heavy atom. The molecule has 0 fully saturated rings. The number of rotatable bonds is 4. The molecule has 0 saturated carbocycles. The molecule has 0 saturated heterocycles. The molecule has 11 rings (SSSR count). The molecule has 3 heteroatoms. The Balaban J connectivity index is 1.29. The number of hydrogen-bond acceptors (Lipinski definition) is 2. The van der Waals surface area contributed by atoms with E-state index in [0.717, 1.165) is 12.8 Å². The van der Waals surface area contributed by atoms with E-state index < -0.39 is 0 Å². The van der Waals surface area contributed by atoms with E-state index >= 15 is 0 Å². The lowest BCUT2D eigenvalue weighted by Crippen LogP contribution is -2.62. The Kier molecular flexibility index (Phi) is 9.85. The van der Waals surface area contributed by atoms with E-state index in [-0.39, 0.29) is 50.0 Å². The predicted molar refractivity (Wildman–Crippen MR) is 304 cm³/mol. The quantitative estimate of drug-likeness (QED) is 0.162. The van der Waals surface area contributed by atoms with Crippen molar-refractivity contribution in [3.8, 4) is 0 Å². The van der Waals surface area contributed by atoms with Gasteiger partial charge in [0.15, 0.2) is 0 Å². The summed E-state index contributed by atoms with van der Waals surface area (Å²) in [6, 6.07) is 39.6. The normalized spacial score (nSPS) is 20.3. The smallest absolute Gasteiger partial charge is 0.252 e. The topological polar surface area (TPSA) is 6.48 Å². The average molecular weight is 925 g/mol. The number of fused-ring (bicyclic) bond motifs is 7. The highest BCUT2D eigenvalue weighted by molar-refractivity contribution is 7.00. The van der Waals surface area contributed by atoms with Gasteiger partial charge in [0.1, 0.15) is 0 Å². The van der Waals surface area contributed by atoms with E-state index in [0.29, 0.717) is 0 Å². The molecule has 5 aliphatic rings. The fourth-order valence-electron chi connectivity index (χ4n) is 15.4. The summed E-state index contributed by atoms with van der Waals surface area (Å²) in [5.41, 5.74) is 28.2. The summed E-state index contributed by atoms with van der Waals surface area (Å²) in [6.45, 7) is 46.7. The molecule has 2 heterocycles. The highest BCUT2D eigenvalue weighted by Gasteiger charge is 2.50. The fourth-order valence-corrected chi connectivity index (χ4v) is 15.4. The van der Waals surface area contributed by atoms with Crippen molar-refractivity contribution in [1.29, 1.82) is 0 Å². The van der Waals surface area contributed by atoms with E-state index in [4.69, 9.17) is 0 Å². The maximum absolute atomic E-state index is 2.76. The molecule has 0 radical (unpaired) electrons. The first-order chi connectivity index (χ1) is 32.4. The first-order valence-corrected chi connectivity index (χ1v) is 26.9.